The second kappa shape index (κ2) is 9.83. The summed E-state index contributed by atoms with van der Waals surface area (Å²) in [6.07, 6.45) is 5.33. The van der Waals surface area contributed by atoms with Gasteiger partial charge in [0.15, 0.2) is 28.8 Å². The third-order valence-corrected chi connectivity index (χ3v) is 4.09. The van der Waals surface area contributed by atoms with Crippen molar-refractivity contribution in [3.8, 4) is 11.5 Å². The van der Waals surface area contributed by atoms with Crippen molar-refractivity contribution in [2.45, 2.75) is 26.4 Å². The van der Waals surface area contributed by atoms with Crippen LogP contribution in [0.4, 0.5) is 0 Å². The van der Waals surface area contributed by atoms with E-state index in [1.165, 1.54) is 20.3 Å². The van der Waals surface area contributed by atoms with Gasteiger partial charge in [0.05, 0.1) is 19.8 Å². The zero-order valence-corrected chi connectivity index (χ0v) is 16.4. The first-order chi connectivity index (χ1) is 13.2. The molecule has 0 saturated heterocycles. The lowest BCUT2D eigenvalue weighted by Gasteiger charge is -2.24. The zero-order chi connectivity index (χ0) is 19.8. The summed E-state index contributed by atoms with van der Waals surface area (Å²) in [6, 6.07) is 5.51. The Morgan fingerprint density at radius 1 is 1.11 bits per heavy atom. The van der Waals surface area contributed by atoms with Gasteiger partial charge in [0.2, 0.25) is 6.79 Å². The number of ether oxygens (including phenoxy) is 5. The molecule has 0 radical (unpaired) electrons. The summed E-state index contributed by atoms with van der Waals surface area (Å²) < 4.78 is 26.7. The molecule has 2 aliphatic rings. The Bertz CT molecular complexity index is 760. The largest absolute Gasteiger partial charge is 0.494 e. The van der Waals surface area contributed by atoms with Crippen LogP contribution in [0, 0.1) is 0 Å². The van der Waals surface area contributed by atoms with Crippen molar-refractivity contribution in [2.75, 3.05) is 28.1 Å². The molecule has 1 aromatic rings. The van der Waals surface area contributed by atoms with Crippen LogP contribution >= 0.6 is 0 Å². The lowest BCUT2D eigenvalue weighted by Crippen LogP contribution is -2.23. The summed E-state index contributed by atoms with van der Waals surface area (Å²) in [5.74, 6) is 2.14. The normalized spacial score (nSPS) is 18.0. The van der Waals surface area contributed by atoms with E-state index in [0.717, 1.165) is 5.56 Å². The molecular formula is C21H26O6. The summed E-state index contributed by atoms with van der Waals surface area (Å²) in [6.45, 7) is 4.22. The first-order valence-corrected chi connectivity index (χ1v) is 8.85. The molecule has 1 aliphatic carbocycles. The lowest BCUT2D eigenvalue weighted by molar-refractivity contribution is -0.111. The topological polar surface area (TPSA) is 63.2 Å². The molecule has 0 spiro atoms. The van der Waals surface area contributed by atoms with E-state index in [2.05, 4.69) is 0 Å². The van der Waals surface area contributed by atoms with Crippen LogP contribution in [0.1, 0.15) is 25.8 Å². The van der Waals surface area contributed by atoms with Gasteiger partial charge >= 0.3 is 0 Å². The second-order valence-electron chi connectivity index (χ2n) is 5.49. The van der Waals surface area contributed by atoms with Crippen molar-refractivity contribution in [2.24, 2.45) is 0 Å². The van der Waals surface area contributed by atoms with Gasteiger partial charge in [0, 0.05) is 13.5 Å². The zero-order valence-electron chi connectivity index (χ0n) is 16.4. The molecule has 0 N–H and O–H groups in total. The lowest BCUT2D eigenvalue weighted by atomic mass is 9.97. The van der Waals surface area contributed by atoms with Crippen LogP contribution in [0.5, 0.6) is 11.5 Å². The SMILES string of the molecule is CC.COC1=C(OC)C(OC)CC=C1C(=O)/C=C/c1ccc2c(c1)OCO2. The van der Waals surface area contributed by atoms with Crippen LogP contribution in [-0.2, 0) is 19.0 Å². The quantitative estimate of drug-likeness (QED) is 0.705. The number of hydrogen-bond acceptors (Lipinski definition) is 6. The molecule has 1 unspecified atom stereocenters. The summed E-state index contributed by atoms with van der Waals surface area (Å²) in [5, 5.41) is 0. The Labute approximate surface area is 160 Å². The Kier molecular flexibility index (Phi) is 7.49. The number of allylic oxidation sites excluding steroid dienone is 2. The molecule has 1 heterocycles. The summed E-state index contributed by atoms with van der Waals surface area (Å²) in [5.41, 5.74) is 1.31. The van der Waals surface area contributed by atoms with Gasteiger partial charge in [-0.1, -0.05) is 32.1 Å². The van der Waals surface area contributed by atoms with Crippen molar-refractivity contribution >= 4 is 11.9 Å². The van der Waals surface area contributed by atoms with Crippen LogP contribution in [0.3, 0.4) is 0 Å². The van der Waals surface area contributed by atoms with Crippen molar-refractivity contribution in [1.82, 2.24) is 0 Å². The third-order valence-electron chi connectivity index (χ3n) is 4.09. The molecule has 0 saturated carbocycles. The summed E-state index contributed by atoms with van der Waals surface area (Å²) in [7, 11) is 4.64. The molecule has 0 fully saturated rings. The predicted octanol–water partition coefficient (Wildman–Crippen LogP) is 3.87. The van der Waals surface area contributed by atoms with Gasteiger partial charge in [-0.15, -0.1) is 0 Å². The number of rotatable bonds is 6. The average molecular weight is 374 g/mol. The minimum absolute atomic E-state index is 0.168. The van der Waals surface area contributed by atoms with E-state index < -0.39 is 0 Å². The van der Waals surface area contributed by atoms with Crippen molar-refractivity contribution < 1.29 is 28.5 Å². The number of methoxy groups -OCH3 is 3. The van der Waals surface area contributed by atoms with E-state index in [1.807, 2.05) is 38.1 Å². The van der Waals surface area contributed by atoms with Crippen LogP contribution in [0.25, 0.3) is 6.08 Å². The highest BCUT2D eigenvalue weighted by molar-refractivity contribution is 6.09. The minimum Gasteiger partial charge on any atom is -0.494 e. The Morgan fingerprint density at radius 3 is 2.52 bits per heavy atom. The fourth-order valence-electron chi connectivity index (χ4n) is 2.83. The number of benzene rings is 1. The Balaban J connectivity index is 0.00000126. The predicted molar refractivity (Wildman–Crippen MR) is 102 cm³/mol. The van der Waals surface area contributed by atoms with Gasteiger partial charge in [0.25, 0.3) is 0 Å². The maximum absolute atomic E-state index is 12.6. The highest BCUT2D eigenvalue weighted by atomic mass is 16.7. The van der Waals surface area contributed by atoms with Crippen LogP contribution < -0.4 is 9.47 Å². The van der Waals surface area contributed by atoms with Gasteiger partial charge in [-0.2, -0.15) is 0 Å². The Morgan fingerprint density at radius 2 is 1.85 bits per heavy atom. The summed E-state index contributed by atoms with van der Waals surface area (Å²) in [4.78, 5) is 12.6. The van der Waals surface area contributed by atoms with E-state index in [1.54, 1.807) is 13.2 Å². The van der Waals surface area contributed by atoms with Crippen LogP contribution in [0.15, 0.2) is 47.4 Å². The average Bonchev–Trinajstić information content (AvgIpc) is 3.20. The maximum Gasteiger partial charge on any atom is 0.231 e. The first-order valence-electron chi connectivity index (χ1n) is 8.85. The maximum atomic E-state index is 12.6. The van der Waals surface area contributed by atoms with Gasteiger partial charge in [-0.25, -0.2) is 0 Å². The fourth-order valence-corrected chi connectivity index (χ4v) is 2.83. The molecule has 0 amide bonds. The molecule has 1 aliphatic heterocycles. The molecule has 1 aromatic carbocycles. The molecule has 27 heavy (non-hydrogen) atoms. The molecule has 0 bridgehead atoms. The second-order valence-corrected chi connectivity index (χ2v) is 5.49. The number of hydrogen-bond donors (Lipinski definition) is 0. The van der Waals surface area contributed by atoms with Gasteiger partial charge < -0.3 is 23.7 Å². The molecule has 6 nitrogen and oxygen atoms in total. The van der Waals surface area contributed by atoms with E-state index in [-0.39, 0.29) is 18.7 Å². The molecule has 0 aromatic heterocycles. The van der Waals surface area contributed by atoms with Gasteiger partial charge in [-0.05, 0) is 23.8 Å². The van der Waals surface area contributed by atoms with Crippen molar-refractivity contribution in [3.05, 3.63) is 53.0 Å². The standard InChI is InChI=1S/C19H20O6.C2H6/c1-21-16-9-6-13(18(22-2)19(16)23-3)14(20)7-4-12-5-8-15-17(10-12)25-11-24-15;1-2/h4-8,10,16H,9,11H2,1-3H3;1-2H3/b7-4+;. The highest BCUT2D eigenvalue weighted by Gasteiger charge is 2.29. The van der Waals surface area contributed by atoms with E-state index in [4.69, 9.17) is 23.7 Å². The number of ketones is 1. The smallest absolute Gasteiger partial charge is 0.231 e. The first kappa shape index (κ1) is 20.6. The summed E-state index contributed by atoms with van der Waals surface area (Å²) >= 11 is 0. The number of carbonyl (C=O) groups is 1. The van der Waals surface area contributed by atoms with E-state index >= 15 is 0 Å². The van der Waals surface area contributed by atoms with Gasteiger partial charge in [-0.3, -0.25) is 4.79 Å². The minimum atomic E-state index is -0.255. The van der Waals surface area contributed by atoms with E-state index in [9.17, 15) is 4.79 Å². The van der Waals surface area contributed by atoms with E-state index in [0.29, 0.717) is 35.0 Å². The fraction of sp³-hybridized carbons (Fsp3) is 0.381. The van der Waals surface area contributed by atoms with Crippen molar-refractivity contribution in [1.29, 1.82) is 0 Å². The van der Waals surface area contributed by atoms with Crippen LogP contribution in [0.2, 0.25) is 0 Å². The van der Waals surface area contributed by atoms with Crippen molar-refractivity contribution in [3.63, 3.8) is 0 Å². The molecule has 146 valence electrons. The number of fused-ring (bicyclic) bond motifs is 1. The number of carbonyl (C=O) groups excluding carboxylic acids is 1. The molecule has 6 heteroatoms. The molecular weight excluding hydrogens is 348 g/mol. The van der Waals surface area contributed by atoms with Crippen LogP contribution in [-0.4, -0.2) is 40.0 Å². The van der Waals surface area contributed by atoms with Gasteiger partial charge in [0.1, 0.15) is 6.10 Å². The third kappa shape index (κ3) is 4.52. The highest BCUT2D eigenvalue weighted by Crippen LogP contribution is 2.33. The molecule has 1 atom stereocenters. The Hall–Kier alpha value is -2.73. The molecule has 3 rings (SSSR count). The monoisotopic (exact) mass is 374 g/mol.